The second-order valence-corrected chi connectivity index (χ2v) is 8.30. The standard InChI is InChI=1S/C28H24N4O3/c1-35-21-12-9-17(10-13-21)15-18-11-14-23-25(22-7-2-3-8-24(22)32-26(18)23)27(33)30-19-5-4-6-20(16-19)31-28(29)34/h2-10,12-13,15-16H,11,14H2,1H3,(H,30,33)(H3,29,31,34)/b18-15+. The smallest absolute Gasteiger partial charge is 0.316 e. The number of carbonyl (C=O) groups is 2. The van der Waals surface area contributed by atoms with E-state index < -0.39 is 6.03 Å². The van der Waals surface area contributed by atoms with E-state index in [9.17, 15) is 9.59 Å². The van der Waals surface area contributed by atoms with Crippen LogP contribution in [0.5, 0.6) is 5.75 Å². The van der Waals surface area contributed by atoms with Gasteiger partial charge in [0.1, 0.15) is 5.75 Å². The molecular weight excluding hydrogens is 440 g/mol. The molecule has 0 unspecified atom stereocenters. The fraction of sp³-hybridized carbons (Fsp3) is 0.107. The summed E-state index contributed by atoms with van der Waals surface area (Å²) in [5.41, 5.74) is 11.6. The molecule has 35 heavy (non-hydrogen) atoms. The molecule has 0 atom stereocenters. The summed E-state index contributed by atoms with van der Waals surface area (Å²) in [4.78, 5) is 29.7. The molecule has 0 spiro atoms. The first-order valence-electron chi connectivity index (χ1n) is 11.3. The van der Waals surface area contributed by atoms with Crippen LogP contribution in [0.2, 0.25) is 0 Å². The first kappa shape index (κ1) is 22.2. The molecule has 0 radical (unpaired) electrons. The molecule has 4 aromatic rings. The summed E-state index contributed by atoms with van der Waals surface area (Å²) < 4.78 is 5.26. The maximum Gasteiger partial charge on any atom is 0.316 e. The van der Waals surface area contributed by atoms with Gasteiger partial charge in [0.05, 0.1) is 23.9 Å². The maximum absolute atomic E-state index is 13.6. The summed E-state index contributed by atoms with van der Waals surface area (Å²) in [5, 5.41) is 6.31. The predicted molar refractivity (Wildman–Crippen MR) is 139 cm³/mol. The lowest BCUT2D eigenvalue weighted by atomic mass is 9.99. The van der Waals surface area contributed by atoms with Crippen LogP contribution < -0.4 is 21.1 Å². The molecule has 7 nitrogen and oxygen atoms in total. The summed E-state index contributed by atoms with van der Waals surface area (Å²) in [5.74, 6) is 0.582. The lowest BCUT2D eigenvalue weighted by Gasteiger charge is -2.13. The normalized spacial score (nSPS) is 13.5. The number of rotatable bonds is 5. The van der Waals surface area contributed by atoms with Gasteiger partial charge in [-0.25, -0.2) is 9.78 Å². The van der Waals surface area contributed by atoms with Crippen LogP contribution in [0.3, 0.4) is 0 Å². The third kappa shape index (κ3) is 4.56. The number of nitrogens with one attached hydrogen (secondary N) is 2. The highest BCUT2D eigenvalue weighted by molar-refractivity contribution is 6.15. The number of pyridine rings is 1. The Labute approximate surface area is 202 Å². The number of para-hydroxylation sites is 1. The van der Waals surface area contributed by atoms with Crippen LogP contribution in [0.25, 0.3) is 22.6 Å². The van der Waals surface area contributed by atoms with E-state index in [4.69, 9.17) is 15.5 Å². The van der Waals surface area contributed by atoms with Crippen LogP contribution in [0.15, 0.2) is 72.8 Å². The summed E-state index contributed by atoms with van der Waals surface area (Å²) in [7, 11) is 1.65. The van der Waals surface area contributed by atoms with Crippen molar-refractivity contribution in [2.75, 3.05) is 17.7 Å². The van der Waals surface area contributed by atoms with Gasteiger partial charge in [0.2, 0.25) is 0 Å². The van der Waals surface area contributed by atoms with Crippen molar-refractivity contribution in [1.82, 2.24) is 4.98 Å². The van der Waals surface area contributed by atoms with E-state index >= 15 is 0 Å². The Morgan fingerprint density at radius 3 is 2.43 bits per heavy atom. The van der Waals surface area contributed by atoms with Crippen LogP contribution in [0.1, 0.15) is 33.6 Å². The van der Waals surface area contributed by atoms with Gasteiger partial charge >= 0.3 is 6.03 Å². The Kier molecular flexibility index (Phi) is 5.89. The monoisotopic (exact) mass is 464 g/mol. The number of nitrogens with zero attached hydrogens (tertiary/aromatic N) is 1. The summed E-state index contributed by atoms with van der Waals surface area (Å²) in [6.45, 7) is 0. The summed E-state index contributed by atoms with van der Waals surface area (Å²) in [6, 6.07) is 21.8. The van der Waals surface area contributed by atoms with Crippen LogP contribution in [-0.2, 0) is 6.42 Å². The molecule has 3 aromatic carbocycles. The van der Waals surface area contributed by atoms with Crippen molar-refractivity contribution >= 4 is 45.9 Å². The highest BCUT2D eigenvalue weighted by Crippen LogP contribution is 2.38. The molecule has 0 saturated carbocycles. The minimum Gasteiger partial charge on any atom is -0.497 e. The van der Waals surface area contributed by atoms with E-state index in [0.29, 0.717) is 16.9 Å². The molecule has 0 aliphatic heterocycles. The number of primary amides is 1. The highest BCUT2D eigenvalue weighted by Gasteiger charge is 2.27. The maximum atomic E-state index is 13.6. The average molecular weight is 465 g/mol. The molecule has 5 rings (SSSR count). The molecular formula is C28H24N4O3. The number of urea groups is 1. The van der Waals surface area contributed by atoms with Crippen molar-refractivity contribution in [1.29, 1.82) is 0 Å². The fourth-order valence-electron chi connectivity index (χ4n) is 4.45. The number of aromatic nitrogens is 1. The van der Waals surface area contributed by atoms with E-state index in [2.05, 4.69) is 16.7 Å². The number of ether oxygens (including phenoxy) is 1. The lowest BCUT2D eigenvalue weighted by Crippen LogP contribution is -2.19. The van der Waals surface area contributed by atoms with Crippen molar-refractivity contribution in [2.45, 2.75) is 12.8 Å². The van der Waals surface area contributed by atoms with Gasteiger partial charge in [-0.1, -0.05) is 36.4 Å². The van der Waals surface area contributed by atoms with Gasteiger partial charge in [0.15, 0.2) is 0 Å². The van der Waals surface area contributed by atoms with E-state index in [1.165, 1.54) is 0 Å². The second-order valence-electron chi connectivity index (χ2n) is 8.30. The SMILES string of the molecule is COc1ccc(/C=C2\CCc3c2nc2ccccc2c3C(=O)Nc2cccc(NC(N)=O)c2)cc1. The molecule has 1 aliphatic rings. The van der Waals surface area contributed by atoms with Gasteiger partial charge in [-0.05, 0) is 72.0 Å². The number of carbonyl (C=O) groups excluding carboxylic acids is 2. The lowest BCUT2D eigenvalue weighted by molar-refractivity contribution is 0.102. The first-order chi connectivity index (χ1) is 17.0. The van der Waals surface area contributed by atoms with Gasteiger partial charge in [-0.3, -0.25) is 4.79 Å². The second kappa shape index (κ2) is 9.30. The van der Waals surface area contributed by atoms with Crippen molar-refractivity contribution in [3.05, 3.63) is 95.2 Å². The Morgan fingerprint density at radius 1 is 0.943 bits per heavy atom. The van der Waals surface area contributed by atoms with Crippen molar-refractivity contribution in [3.63, 3.8) is 0 Å². The highest BCUT2D eigenvalue weighted by atomic mass is 16.5. The Morgan fingerprint density at radius 2 is 1.69 bits per heavy atom. The van der Waals surface area contributed by atoms with Crippen molar-refractivity contribution in [3.8, 4) is 5.75 Å². The predicted octanol–water partition coefficient (Wildman–Crippen LogP) is 5.47. The number of allylic oxidation sites excluding steroid dienone is 1. The van der Waals surface area contributed by atoms with Gasteiger partial charge < -0.3 is 21.1 Å². The van der Waals surface area contributed by atoms with Gasteiger partial charge in [0.25, 0.3) is 5.91 Å². The van der Waals surface area contributed by atoms with E-state index in [0.717, 1.165) is 51.9 Å². The molecule has 7 heteroatoms. The van der Waals surface area contributed by atoms with Crippen molar-refractivity contribution < 1.29 is 14.3 Å². The minimum atomic E-state index is -0.664. The molecule has 0 fully saturated rings. The van der Waals surface area contributed by atoms with Crippen LogP contribution in [0, 0.1) is 0 Å². The number of hydrogen-bond acceptors (Lipinski definition) is 4. The molecule has 1 aliphatic carbocycles. The third-order valence-electron chi connectivity index (χ3n) is 6.01. The number of benzene rings is 3. The van der Waals surface area contributed by atoms with Gasteiger partial charge in [0, 0.05) is 16.8 Å². The Balaban J connectivity index is 1.54. The zero-order valence-corrected chi connectivity index (χ0v) is 19.2. The average Bonchev–Trinajstić information content (AvgIpc) is 3.24. The largest absolute Gasteiger partial charge is 0.497 e. The molecule has 174 valence electrons. The number of anilines is 2. The Hall–Kier alpha value is -4.65. The first-order valence-corrected chi connectivity index (χ1v) is 11.3. The van der Waals surface area contributed by atoms with Crippen LogP contribution in [-0.4, -0.2) is 24.0 Å². The summed E-state index contributed by atoms with van der Waals surface area (Å²) in [6.07, 6.45) is 3.64. The molecule has 1 heterocycles. The minimum absolute atomic E-state index is 0.221. The molecule has 0 bridgehead atoms. The number of hydrogen-bond donors (Lipinski definition) is 3. The van der Waals surface area contributed by atoms with E-state index in [1.54, 1.807) is 31.4 Å². The summed E-state index contributed by atoms with van der Waals surface area (Å²) >= 11 is 0. The van der Waals surface area contributed by atoms with Gasteiger partial charge in [-0.2, -0.15) is 0 Å². The number of methoxy groups -OCH3 is 1. The van der Waals surface area contributed by atoms with Crippen LogP contribution >= 0.6 is 0 Å². The van der Waals surface area contributed by atoms with Gasteiger partial charge in [-0.15, -0.1) is 0 Å². The Bertz CT molecular complexity index is 1480. The van der Waals surface area contributed by atoms with E-state index in [1.807, 2.05) is 48.5 Å². The molecule has 3 amide bonds. The molecule has 4 N–H and O–H groups in total. The number of fused-ring (bicyclic) bond motifs is 2. The topological polar surface area (TPSA) is 106 Å². The van der Waals surface area contributed by atoms with E-state index in [-0.39, 0.29) is 5.91 Å². The number of nitrogens with two attached hydrogens (primary N) is 1. The quantitative estimate of drug-likeness (QED) is 0.364. The zero-order valence-electron chi connectivity index (χ0n) is 19.2. The molecule has 0 saturated heterocycles. The fourth-order valence-corrected chi connectivity index (χ4v) is 4.45. The zero-order chi connectivity index (χ0) is 24.4. The van der Waals surface area contributed by atoms with Crippen LogP contribution in [0.4, 0.5) is 16.2 Å². The van der Waals surface area contributed by atoms with Crippen molar-refractivity contribution in [2.24, 2.45) is 5.73 Å². The number of amides is 3. The molecule has 1 aromatic heterocycles. The third-order valence-corrected chi connectivity index (χ3v) is 6.01.